The molecule has 0 aromatic heterocycles. The SMILES string of the molecule is CCC(Sc1ccccc1)C(=O)N[C@H]1CCCNC1. The summed E-state index contributed by atoms with van der Waals surface area (Å²) in [6, 6.07) is 10.4. The Balaban J connectivity index is 1.87. The van der Waals surface area contributed by atoms with Crippen LogP contribution in [0.5, 0.6) is 0 Å². The molecule has 19 heavy (non-hydrogen) atoms. The molecule has 0 bridgehead atoms. The Kier molecular flexibility index (Phi) is 5.73. The highest BCUT2D eigenvalue weighted by molar-refractivity contribution is 8.00. The smallest absolute Gasteiger partial charge is 0.233 e. The molecule has 2 atom stereocenters. The van der Waals surface area contributed by atoms with Crippen LogP contribution in [0.25, 0.3) is 0 Å². The second-order valence-corrected chi connectivity index (χ2v) is 6.16. The van der Waals surface area contributed by atoms with Crippen molar-refractivity contribution in [3.8, 4) is 0 Å². The lowest BCUT2D eigenvalue weighted by atomic mass is 10.1. The van der Waals surface area contributed by atoms with E-state index in [-0.39, 0.29) is 11.2 Å². The largest absolute Gasteiger partial charge is 0.351 e. The fraction of sp³-hybridized carbons (Fsp3) is 0.533. The van der Waals surface area contributed by atoms with Crippen LogP contribution in [0.3, 0.4) is 0 Å². The molecule has 0 aliphatic carbocycles. The van der Waals surface area contributed by atoms with Crippen molar-refractivity contribution in [2.75, 3.05) is 13.1 Å². The third-order valence-electron chi connectivity index (χ3n) is 3.33. The molecule has 2 rings (SSSR count). The summed E-state index contributed by atoms with van der Waals surface area (Å²) < 4.78 is 0. The predicted molar refractivity (Wildman–Crippen MR) is 80.4 cm³/mol. The van der Waals surface area contributed by atoms with Gasteiger partial charge in [0, 0.05) is 17.5 Å². The molecule has 1 aliphatic heterocycles. The Morgan fingerprint density at radius 3 is 2.89 bits per heavy atom. The molecule has 3 nitrogen and oxygen atoms in total. The average Bonchev–Trinajstić information content (AvgIpc) is 2.47. The summed E-state index contributed by atoms with van der Waals surface area (Å²) in [6.07, 6.45) is 3.09. The number of carbonyl (C=O) groups is 1. The highest BCUT2D eigenvalue weighted by atomic mass is 32.2. The maximum absolute atomic E-state index is 12.3. The quantitative estimate of drug-likeness (QED) is 0.813. The first-order valence-electron chi connectivity index (χ1n) is 7.02. The van der Waals surface area contributed by atoms with Gasteiger partial charge in [-0.2, -0.15) is 0 Å². The van der Waals surface area contributed by atoms with Gasteiger partial charge in [-0.05, 0) is 37.9 Å². The minimum atomic E-state index is 0.00401. The molecule has 1 aromatic rings. The van der Waals surface area contributed by atoms with E-state index in [1.165, 1.54) is 0 Å². The molecule has 4 heteroatoms. The fourth-order valence-corrected chi connectivity index (χ4v) is 3.24. The van der Waals surface area contributed by atoms with Crippen LogP contribution < -0.4 is 10.6 Å². The molecule has 1 unspecified atom stereocenters. The standard InChI is InChI=1S/C15H22N2OS/c1-2-14(19-13-8-4-3-5-9-13)15(18)17-12-7-6-10-16-11-12/h3-5,8-9,12,14,16H,2,6-7,10-11H2,1H3,(H,17,18)/t12-,14?/m0/s1. The molecule has 2 N–H and O–H groups in total. The Bertz CT molecular complexity index is 390. The Morgan fingerprint density at radius 2 is 2.26 bits per heavy atom. The van der Waals surface area contributed by atoms with Gasteiger partial charge in [-0.25, -0.2) is 0 Å². The van der Waals surface area contributed by atoms with Gasteiger partial charge in [0.05, 0.1) is 5.25 Å². The molecule has 1 heterocycles. The van der Waals surface area contributed by atoms with E-state index in [4.69, 9.17) is 0 Å². The zero-order chi connectivity index (χ0) is 13.5. The highest BCUT2D eigenvalue weighted by Gasteiger charge is 2.22. The molecule has 1 saturated heterocycles. The number of hydrogen-bond donors (Lipinski definition) is 2. The van der Waals surface area contributed by atoms with Crippen molar-refractivity contribution in [2.45, 2.75) is 42.4 Å². The second-order valence-electron chi connectivity index (χ2n) is 4.88. The van der Waals surface area contributed by atoms with Crippen LogP contribution >= 0.6 is 11.8 Å². The van der Waals surface area contributed by atoms with Crippen LogP contribution in [0.4, 0.5) is 0 Å². The minimum absolute atomic E-state index is 0.00401. The number of carbonyl (C=O) groups excluding carboxylic acids is 1. The summed E-state index contributed by atoms with van der Waals surface area (Å²) in [5, 5.41) is 6.50. The van der Waals surface area contributed by atoms with Crippen LogP contribution in [0.1, 0.15) is 26.2 Å². The minimum Gasteiger partial charge on any atom is -0.351 e. The van der Waals surface area contributed by atoms with E-state index in [1.807, 2.05) is 18.2 Å². The number of amides is 1. The molecule has 1 fully saturated rings. The van der Waals surface area contributed by atoms with E-state index in [1.54, 1.807) is 11.8 Å². The van der Waals surface area contributed by atoms with Crippen molar-refractivity contribution in [3.63, 3.8) is 0 Å². The zero-order valence-corrected chi connectivity index (χ0v) is 12.2. The molecule has 1 aromatic carbocycles. The fourth-order valence-electron chi connectivity index (χ4n) is 2.25. The van der Waals surface area contributed by atoms with Gasteiger partial charge in [0.25, 0.3) is 0 Å². The molecule has 0 radical (unpaired) electrons. The van der Waals surface area contributed by atoms with Gasteiger partial charge < -0.3 is 10.6 Å². The van der Waals surface area contributed by atoms with E-state index >= 15 is 0 Å². The van der Waals surface area contributed by atoms with Gasteiger partial charge in [-0.15, -0.1) is 11.8 Å². The maximum Gasteiger partial charge on any atom is 0.233 e. The Labute approximate surface area is 119 Å². The summed E-state index contributed by atoms with van der Waals surface area (Å²) >= 11 is 1.65. The number of benzene rings is 1. The summed E-state index contributed by atoms with van der Waals surface area (Å²) in [7, 11) is 0. The van der Waals surface area contributed by atoms with E-state index in [0.717, 1.165) is 37.2 Å². The van der Waals surface area contributed by atoms with Crippen LogP contribution in [-0.4, -0.2) is 30.3 Å². The summed E-state index contributed by atoms with van der Waals surface area (Å²) in [5.74, 6) is 0.171. The van der Waals surface area contributed by atoms with E-state index in [9.17, 15) is 4.79 Å². The van der Waals surface area contributed by atoms with Crippen LogP contribution in [0, 0.1) is 0 Å². The summed E-state index contributed by atoms with van der Waals surface area (Å²) in [4.78, 5) is 13.4. The summed E-state index contributed by atoms with van der Waals surface area (Å²) in [5.41, 5.74) is 0. The van der Waals surface area contributed by atoms with Gasteiger partial charge in [0.1, 0.15) is 0 Å². The number of rotatable bonds is 5. The highest BCUT2D eigenvalue weighted by Crippen LogP contribution is 2.25. The molecular weight excluding hydrogens is 256 g/mol. The number of piperidine rings is 1. The molecule has 0 spiro atoms. The van der Waals surface area contributed by atoms with E-state index in [0.29, 0.717) is 6.04 Å². The van der Waals surface area contributed by atoms with Crippen LogP contribution in [0.15, 0.2) is 35.2 Å². The molecule has 104 valence electrons. The van der Waals surface area contributed by atoms with E-state index in [2.05, 4.69) is 29.7 Å². The van der Waals surface area contributed by atoms with Gasteiger partial charge in [-0.1, -0.05) is 25.1 Å². The molecule has 1 aliphatic rings. The average molecular weight is 278 g/mol. The number of nitrogens with one attached hydrogen (secondary N) is 2. The van der Waals surface area contributed by atoms with Gasteiger partial charge in [0.2, 0.25) is 5.91 Å². The first-order valence-corrected chi connectivity index (χ1v) is 7.90. The molecule has 0 saturated carbocycles. The zero-order valence-electron chi connectivity index (χ0n) is 11.4. The predicted octanol–water partition coefficient (Wildman–Crippen LogP) is 2.43. The van der Waals surface area contributed by atoms with Crippen molar-refractivity contribution < 1.29 is 4.79 Å². The lowest BCUT2D eigenvalue weighted by Crippen LogP contribution is -2.48. The first kappa shape index (κ1) is 14.4. The van der Waals surface area contributed by atoms with Gasteiger partial charge in [0.15, 0.2) is 0 Å². The first-order chi connectivity index (χ1) is 9.29. The normalized spacial score (nSPS) is 20.8. The Morgan fingerprint density at radius 1 is 1.47 bits per heavy atom. The van der Waals surface area contributed by atoms with Crippen LogP contribution in [0.2, 0.25) is 0 Å². The number of thioether (sulfide) groups is 1. The van der Waals surface area contributed by atoms with Crippen molar-refractivity contribution in [2.24, 2.45) is 0 Å². The van der Waals surface area contributed by atoms with Gasteiger partial charge in [-0.3, -0.25) is 4.79 Å². The lowest BCUT2D eigenvalue weighted by molar-refractivity contribution is -0.121. The van der Waals surface area contributed by atoms with Crippen molar-refractivity contribution in [1.82, 2.24) is 10.6 Å². The topological polar surface area (TPSA) is 41.1 Å². The summed E-state index contributed by atoms with van der Waals surface area (Å²) in [6.45, 7) is 4.04. The second kappa shape index (κ2) is 7.56. The lowest BCUT2D eigenvalue weighted by Gasteiger charge is -2.25. The van der Waals surface area contributed by atoms with E-state index < -0.39 is 0 Å². The van der Waals surface area contributed by atoms with Crippen molar-refractivity contribution in [1.29, 1.82) is 0 Å². The maximum atomic E-state index is 12.3. The molecular formula is C15H22N2OS. The van der Waals surface area contributed by atoms with Crippen LogP contribution in [-0.2, 0) is 4.79 Å². The Hall–Kier alpha value is -1.00. The van der Waals surface area contributed by atoms with Crippen molar-refractivity contribution in [3.05, 3.63) is 30.3 Å². The third-order valence-corrected chi connectivity index (χ3v) is 4.70. The van der Waals surface area contributed by atoms with Crippen molar-refractivity contribution >= 4 is 17.7 Å². The molecule has 1 amide bonds. The number of hydrogen-bond acceptors (Lipinski definition) is 3. The third kappa shape index (κ3) is 4.55. The van der Waals surface area contributed by atoms with Gasteiger partial charge >= 0.3 is 0 Å². The monoisotopic (exact) mass is 278 g/mol.